The molecule has 1 N–H and O–H groups in total. The quantitative estimate of drug-likeness (QED) is 0.850. The van der Waals surface area contributed by atoms with Crippen LogP contribution in [0.4, 0.5) is 0 Å². The molecule has 1 fully saturated rings. The van der Waals surface area contributed by atoms with Crippen molar-refractivity contribution in [3.63, 3.8) is 0 Å². The van der Waals surface area contributed by atoms with E-state index in [0.29, 0.717) is 6.54 Å². The maximum atomic E-state index is 12.0. The van der Waals surface area contributed by atoms with Crippen molar-refractivity contribution in [1.29, 1.82) is 0 Å². The number of rotatable bonds is 7. The van der Waals surface area contributed by atoms with Crippen molar-refractivity contribution in [2.45, 2.75) is 32.9 Å². The molecule has 1 aliphatic rings. The van der Waals surface area contributed by atoms with Crippen molar-refractivity contribution in [2.24, 2.45) is 5.41 Å². The fourth-order valence-electron chi connectivity index (χ4n) is 2.40. The lowest BCUT2D eigenvalue weighted by molar-refractivity contribution is 0.554. The highest BCUT2D eigenvalue weighted by Crippen LogP contribution is 2.45. The first-order valence-electron chi connectivity index (χ1n) is 7.47. The predicted octanol–water partition coefficient (Wildman–Crippen LogP) is 2.15. The molecular weight excluding hydrogens is 298 g/mol. The number of hydrogen-bond acceptors (Lipinski definition) is 3. The van der Waals surface area contributed by atoms with Gasteiger partial charge in [-0.3, -0.25) is 4.68 Å². The minimum Gasteiger partial charge on any atom is -0.268 e. The van der Waals surface area contributed by atoms with Crippen LogP contribution in [0.1, 0.15) is 30.9 Å². The number of sulfonamides is 1. The molecule has 118 valence electrons. The minimum absolute atomic E-state index is 0.000541. The maximum absolute atomic E-state index is 12.0. The average Bonchev–Trinajstić information content (AvgIpc) is 2.98. The smallest absolute Gasteiger partial charge is 0.212 e. The van der Waals surface area contributed by atoms with E-state index in [0.717, 1.165) is 30.5 Å². The van der Waals surface area contributed by atoms with Gasteiger partial charge in [0.25, 0.3) is 0 Å². The van der Waals surface area contributed by atoms with E-state index < -0.39 is 10.0 Å². The van der Waals surface area contributed by atoms with Crippen molar-refractivity contribution in [3.05, 3.63) is 53.9 Å². The Morgan fingerprint density at radius 1 is 1.23 bits per heavy atom. The summed E-state index contributed by atoms with van der Waals surface area (Å²) in [6.07, 6.45) is 5.69. The van der Waals surface area contributed by atoms with E-state index in [1.54, 1.807) is 6.20 Å². The van der Waals surface area contributed by atoms with Crippen LogP contribution in [0.3, 0.4) is 0 Å². The maximum Gasteiger partial charge on any atom is 0.212 e. The van der Waals surface area contributed by atoms with Crippen LogP contribution in [-0.2, 0) is 23.1 Å². The number of hydrogen-bond donors (Lipinski definition) is 1. The molecular formula is C16H21N3O2S. The molecule has 0 aliphatic heterocycles. The fraction of sp³-hybridized carbons (Fsp3) is 0.438. The van der Waals surface area contributed by atoms with Crippen LogP contribution in [0, 0.1) is 5.41 Å². The molecule has 1 aliphatic carbocycles. The van der Waals surface area contributed by atoms with Gasteiger partial charge >= 0.3 is 0 Å². The molecule has 1 saturated carbocycles. The summed E-state index contributed by atoms with van der Waals surface area (Å²) < 4.78 is 28.6. The predicted molar refractivity (Wildman–Crippen MR) is 85.7 cm³/mol. The summed E-state index contributed by atoms with van der Waals surface area (Å²) in [4.78, 5) is 0. The van der Waals surface area contributed by atoms with E-state index in [-0.39, 0.29) is 11.2 Å². The van der Waals surface area contributed by atoms with Crippen LogP contribution in [0.2, 0.25) is 0 Å². The Bertz CT molecular complexity index is 717. The summed E-state index contributed by atoms with van der Waals surface area (Å²) >= 11 is 0. The molecule has 0 bridgehead atoms. The molecule has 1 heterocycles. The second kappa shape index (κ2) is 5.85. The first-order chi connectivity index (χ1) is 10.4. The lowest BCUT2D eigenvalue weighted by Gasteiger charge is -2.11. The molecule has 3 rings (SSSR count). The highest BCUT2D eigenvalue weighted by atomic mass is 32.2. The Morgan fingerprint density at radius 3 is 2.50 bits per heavy atom. The van der Waals surface area contributed by atoms with E-state index in [2.05, 4.69) is 9.82 Å². The van der Waals surface area contributed by atoms with Crippen molar-refractivity contribution in [3.8, 4) is 0 Å². The molecule has 1 aromatic heterocycles. The Kier molecular flexibility index (Phi) is 4.06. The molecule has 6 heteroatoms. The van der Waals surface area contributed by atoms with Gasteiger partial charge in [0.15, 0.2) is 0 Å². The van der Waals surface area contributed by atoms with Gasteiger partial charge in [0.05, 0.1) is 12.3 Å². The van der Waals surface area contributed by atoms with Gasteiger partial charge in [-0.1, -0.05) is 31.2 Å². The number of benzene rings is 1. The first-order valence-corrected chi connectivity index (χ1v) is 9.12. The number of aromatic nitrogens is 2. The highest BCUT2D eigenvalue weighted by Gasteiger charge is 2.41. The van der Waals surface area contributed by atoms with Crippen molar-refractivity contribution in [1.82, 2.24) is 14.5 Å². The summed E-state index contributed by atoms with van der Waals surface area (Å²) in [6, 6.07) is 9.82. The summed E-state index contributed by atoms with van der Waals surface area (Å²) in [5.74, 6) is 0.234. The lowest BCUT2D eigenvalue weighted by Crippen LogP contribution is -2.29. The van der Waals surface area contributed by atoms with Gasteiger partial charge in [-0.25, -0.2) is 13.1 Å². The molecule has 0 atom stereocenters. The molecule has 1 aromatic carbocycles. The summed E-state index contributed by atoms with van der Waals surface area (Å²) in [7, 11) is -3.19. The Labute approximate surface area is 131 Å². The molecule has 0 radical (unpaired) electrons. The van der Waals surface area contributed by atoms with E-state index in [1.807, 2.05) is 48.1 Å². The molecule has 0 saturated heterocycles. The monoisotopic (exact) mass is 319 g/mol. The summed E-state index contributed by atoms with van der Waals surface area (Å²) in [5, 5.41) is 4.17. The number of nitrogens with zero attached hydrogens (tertiary/aromatic N) is 2. The third kappa shape index (κ3) is 4.18. The zero-order valence-corrected chi connectivity index (χ0v) is 13.5. The minimum atomic E-state index is -3.19. The standard InChI is InChI=1S/C16H21N3O2S/c1-16(7-8-16)13-22(20,21)18-11-14-3-5-15(6-4-14)12-19-10-2-9-17-19/h2-6,9-10,18H,7-8,11-13H2,1H3. The van der Waals surface area contributed by atoms with E-state index in [9.17, 15) is 8.42 Å². The van der Waals surface area contributed by atoms with Crippen LogP contribution in [-0.4, -0.2) is 24.0 Å². The van der Waals surface area contributed by atoms with Crippen molar-refractivity contribution >= 4 is 10.0 Å². The molecule has 0 amide bonds. The molecule has 22 heavy (non-hydrogen) atoms. The van der Waals surface area contributed by atoms with Gasteiger partial charge in [0, 0.05) is 18.9 Å². The van der Waals surface area contributed by atoms with Crippen LogP contribution >= 0.6 is 0 Å². The van der Waals surface area contributed by atoms with Gasteiger partial charge in [-0.05, 0) is 35.4 Å². The molecule has 2 aromatic rings. The van der Waals surface area contributed by atoms with Crippen LogP contribution < -0.4 is 4.72 Å². The van der Waals surface area contributed by atoms with Gasteiger partial charge in [-0.15, -0.1) is 0 Å². The SMILES string of the molecule is CC1(CS(=O)(=O)NCc2ccc(Cn3cccn3)cc2)CC1. The summed E-state index contributed by atoms with van der Waals surface area (Å²) in [5.41, 5.74) is 2.11. The van der Waals surface area contributed by atoms with Gasteiger partial charge in [-0.2, -0.15) is 5.10 Å². The average molecular weight is 319 g/mol. The van der Waals surface area contributed by atoms with Gasteiger partial charge < -0.3 is 0 Å². The highest BCUT2D eigenvalue weighted by molar-refractivity contribution is 7.89. The van der Waals surface area contributed by atoms with Crippen LogP contribution in [0.15, 0.2) is 42.7 Å². The Balaban J connectivity index is 1.54. The van der Waals surface area contributed by atoms with E-state index >= 15 is 0 Å². The third-order valence-corrected chi connectivity index (χ3v) is 5.73. The Morgan fingerprint density at radius 2 is 1.91 bits per heavy atom. The molecule has 0 spiro atoms. The molecule has 5 nitrogen and oxygen atoms in total. The zero-order chi connectivity index (χ0) is 15.6. The van der Waals surface area contributed by atoms with Gasteiger partial charge in [0.1, 0.15) is 0 Å². The van der Waals surface area contributed by atoms with Gasteiger partial charge in [0.2, 0.25) is 10.0 Å². The second-order valence-corrected chi connectivity index (χ2v) is 8.22. The Hall–Kier alpha value is -1.66. The van der Waals surface area contributed by atoms with E-state index in [4.69, 9.17) is 0 Å². The number of nitrogens with one attached hydrogen (secondary N) is 1. The van der Waals surface area contributed by atoms with E-state index in [1.165, 1.54) is 0 Å². The molecule has 0 unspecified atom stereocenters. The van der Waals surface area contributed by atoms with Crippen LogP contribution in [0.25, 0.3) is 0 Å². The topological polar surface area (TPSA) is 64.0 Å². The largest absolute Gasteiger partial charge is 0.268 e. The lowest BCUT2D eigenvalue weighted by atomic mass is 10.1. The van der Waals surface area contributed by atoms with Crippen molar-refractivity contribution < 1.29 is 8.42 Å². The van der Waals surface area contributed by atoms with Crippen molar-refractivity contribution in [2.75, 3.05) is 5.75 Å². The summed E-state index contributed by atoms with van der Waals surface area (Å²) in [6.45, 7) is 3.09. The fourth-order valence-corrected chi connectivity index (χ4v) is 4.10. The van der Waals surface area contributed by atoms with Crippen LogP contribution in [0.5, 0.6) is 0 Å². The third-order valence-electron chi connectivity index (χ3n) is 4.06. The second-order valence-electron chi connectivity index (χ2n) is 6.41. The first kappa shape index (κ1) is 15.2. The zero-order valence-electron chi connectivity index (χ0n) is 12.7. The normalized spacial score (nSPS) is 16.6.